The summed E-state index contributed by atoms with van der Waals surface area (Å²) in [7, 11) is 0. The first-order valence-corrected chi connectivity index (χ1v) is 9.22. The van der Waals surface area contributed by atoms with Gasteiger partial charge in [0.1, 0.15) is 9.88 Å². The van der Waals surface area contributed by atoms with Crippen molar-refractivity contribution >= 4 is 29.1 Å². The maximum absolute atomic E-state index is 12.3. The van der Waals surface area contributed by atoms with Gasteiger partial charge in [-0.2, -0.15) is 0 Å². The summed E-state index contributed by atoms with van der Waals surface area (Å²) in [4.78, 5) is 16.8. The fourth-order valence-electron chi connectivity index (χ4n) is 2.34. The number of hydrogen-bond acceptors (Lipinski definition) is 6. The van der Waals surface area contributed by atoms with Gasteiger partial charge in [-0.15, -0.1) is 11.3 Å². The van der Waals surface area contributed by atoms with Crippen molar-refractivity contribution < 1.29 is 9.53 Å². The van der Waals surface area contributed by atoms with Crippen LogP contribution in [0.1, 0.15) is 45.7 Å². The van der Waals surface area contributed by atoms with E-state index in [0.29, 0.717) is 17.9 Å². The van der Waals surface area contributed by atoms with E-state index in [1.54, 1.807) is 23.1 Å². The Balaban J connectivity index is 1.97. The molecule has 1 N–H and O–H groups in total. The molecule has 0 radical (unpaired) electrons. The van der Waals surface area contributed by atoms with Crippen molar-refractivity contribution in [3.05, 3.63) is 11.1 Å². The highest BCUT2D eigenvalue weighted by Crippen LogP contribution is 2.33. The molecule has 1 heterocycles. The number of carbonyl (C=O) groups is 1. The lowest BCUT2D eigenvalue weighted by molar-refractivity contribution is -0.150. The molecule has 6 heteroatoms. The normalized spacial score (nSPS) is 19.0. The first-order valence-electron chi connectivity index (χ1n) is 7.46. The standard InChI is InChI=1S/C15H24N2O2S2/c1-5-19-13(18)15(4,17-12-6-7-12)8-11(3)21-14-16-10(2)9-20-14/h9,11-12,17H,5-8H2,1-4H3. The Morgan fingerprint density at radius 2 is 2.38 bits per heavy atom. The Hall–Kier alpha value is -0.590. The number of aryl methyl sites for hydroxylation is 1. The smallest absolute Gasteiger partial charge is 0.326 e. The number of aromatic nitrogens is 1. The van der Waals surface area contributed by atoms with Crippen LogP contribution in [-0.4, -0.2) is 34.4 Å². The maximum Gasteiger partial charge on any atom is 0.326 e. The van der Waals surface area contributed by atoms with Crippen LogP contribution in [0.2, 0.25) is 0 Å². The monoisotopic (exact) mass is 328 g/mol. The molecule has 0 amide bonds. The zero-order chi connectivity index (χ0) is 15.5. The van der Waals surface area contributed by atoms with E-state index >= 15 is 0 Å². The van der Waals surface area contributed by atoms with Crippen LogP contribution in [0.4, 0.5) is 0 Å². The minimum Gasteiger partial charge on any atom is -0.465 e. The predicted molar refractivity (Wildman–Crippen MR) is 88.0 cm³/mol. The summed E-state index contributed by atoms with van der Waals surface area (Å²) >= 11 is 3.40. The van der Waals surface area contributed by atoms with Crippen LogP contribution in [0, 0.1) is 6.92 Å². The van der Waals surface area contributed by atoms with Crippen molar-refractivity contribution in [3.63, 3.8) is 0 Å². The van der Waals surface area contributed by atoms with E-state index in [4.69, 9.17) is 4.74 Å². The number of esters is 1. The predicted octanol–water partition coefficient (Wildman–Crippen LogP) is 3.40. The third-order valence-corrected chi connectivity index (χ3v) is 5.61. The SMILES string of the molecule is CCOC(=O)C(C)(CC(C)Sc1nc(C)cs1)NC1CC1. The van der Waals surface area contributed by atoms with Crippen LogP contribution in [0.25, 0.3) is 0 Å². The van der Waals surface area contributed by atoms with Gasteiger partial charge in [-0.05, 0) is 40.0 Å². The molecule has 1 aliphatic carbocycles. The molecular formula is C15H24N2O2S2. The highest BCUT2D eigenvalue weighted by atomic mass is 32.2. The Kier molecular flexibility index (Phi) is 5.68. The Labute approximate surface area is 135 Å². The lowest BCUT2D eigenvalue weighted by Crippen LogP contribution is -2.52. The van der Waals surface area contributed by atoms with Gasteiger partial charge in [0.05, 0.1) is 6.61 Å². The van der Waals surface area contributed by atoms with Gasteiger partial charge in [0.15, 0.2) is 0 Å². The van der Waals surface area contributed by atoms with Crippen molar-refractivity contribution in [2.24, 2.45) is 0 Å². The van der Waals surface area contributed by atoms with E-state index in [9.17, 15) is 4.79 Å². The lowest BCUT2D eigenvalue weighted by Gasteiger charge is -2.30. The molecule has 21 heavy (non-hydrogen) atoms. The van der Waals surface area contributed by atoms with E-state index in [2.05, 4.69) is 22.6 Å². The highest BCUT2D eigenvalue weighted by Gasteiger charge is 2.40. The molecule has 2 rings (SSSR count). The van der Waals surface area contributed by atoms with Crippen molar-refractivity contribution in [2.45, 2.75) is 68.1 Å². The van der Waals surface area contributed by atoms with Gasteiger partial charge in [0.2, 0.25) is 0 Å². The van der Waals surface area contributed by atoms with Gasteiger partial charge in [-0.25, -0.2) is 4.98 Å². The van der Waals surface area contributed by atoms with Crippen LogP contribution in [0.5, 0.6) is 0 Å². The summed E-state index contributed by atoms with van der Waals surface area (Å²) in [5, 5.41) is 5.83. The quantitative estimate of drug-likeness (QED) is 0.585. The van der Waals surface area contributed by atoms with Crippen LogP contribution in [0.15, 0.2) is 9.72 Å². The Bertz CT molecular complexity index is 488. The number of nitrogens with one attached hydrogen (secondary N) is 1. The van der Waals surface area contributed by atoms with Crippen molar-refractivity contribution in [1.29, 1.82) is 0 Å². The second-order valence-corrected chi connectivity index (χ2v) is 8.40. The minimum atomic E-state index is -0.601. The molecule has 0 aliphatic heterocycles. The molecule has 1 fully saturated rings. The van der Waals surface area contributed by atoms with Crippen LogP contribution in [0.3, 0.4) is 0 Å². The molecular weight excluding hydrogens is 304 g/mol. The van der Waals surface area contributed by atoms with Crippen molar-refractivity contribution in [1.82, 2.24) is 10.3 Å². The van der Waals surface area contributed by atoms with E-state index in [0.717, 1.165) is 29.3 Å². The zero-order valence-corrected chi connectivity index (χ0v) is 14.8. The molecule has 1 aromatic heterocycles. The summed E-state index contributed by atoms with van der Waals surface area (Å²) < 4.78 is 6.33. The van der Waals surface area contributed by atoms with Crippen LogP contribution >= 0.6 is 23.1 Å². The zero-order valence-electron chi connectivity index (χ0n) is 13.1. The van der Waals surface area contributed by atoms with Gasteiger partial charge in [-0.1, -0.05) is 18.7 Å². The first-order chi connectivity index (χ1) is 9.93. The average molecular weight is 329 g/mol. The molecule has 1 aromatic rings. The Morgan fingerprint density at radius 1 is 1.67 bits per heavy atom. The van der Waals surface area contributed by atoms with Gasteiger partial charge in [0, 0.05) is 22.4 Å². The molecule has 4 nitrogen and oxygen atoms in total. The number of thiazole rings is 1. The topological polar surface area (TPSA) is 51.2 Å². The Morgan fingerprint density at radius 3 is 2.90 bits per heavy atom. The fraction of sp³-hybridized carbons (Fsp3) is 0.733. The number of nitrogens with zero attached hydrogens (tertiary/aromatic N) is 1. The third kappa shape index (κ3) is 4.97. The second-order valence-electron chi connectivity index (χ2n) is 5.86. The van der Waals surface area contributed by atoms with Gasteiger partial charge >= 0.3 is 5.97 Å². The number of carbonyl (C=O) groups excluding carboxylic acids is 1. The van der Waals surface area contributed by atoms with Crippen LogP contribution < -0.4 is 5.32 Å². The van der Waals surface area contributed by atoms with E-state index in [1.165, 1.54) is 0 Å². The molecule has 2 unspecified atom stereocenters. The molecule has 118 valence electrons. The molecule has 2 atom stereocenters. The summed E-state index contributed by atoms with van der Waals surface area (Å²) in [6.45, 7) is 8.39. The van der Waals surface area contributed by atoms with E-state index in [-0.39, 0.29) is 5.97 Å². The van der Waals surface area contributed by atoms with E-state index in [1.807, 2.05) is 20.8 Å². The minimum absolute atomic E-state index is 0.139. The van der Waals surface area contributed by atoms with Gasteiger partial charge in [-0.3, -0.25) is 10.1 Å². The van der Waals surface area contributed by atoms with Crippen molar-refractivity contribution in [3.8, 4) is 0 Å². The molecule has 0 spiro atoms. The number of hydrogen-bond donors (Lipinski definition) is 1. The maximum atomic E-state index is 12.3. The summed E-state index contributed by atoms with van der Waals surface area (Å²) in [6, 6.07) is 0.471. The average Bonchev–Trinajstić information content (AvgIpc) is 3.11. The number of thioether (sulfide) groups is 1. The molecule has 0 saturated heterocycles. The highest BCUT2D eigenvalue weighted by molar-refractivity contribution is 8.01. The fourth-order valence-corrected chi connectivity index (χ4v) is 4.68. The van der Waals surface area contributed by atoms with Crippen molar-refractivity contribution in [2.75, 3.05) is 6.61 Å². The lowest BCUT2D eigenvalue weighted by atomic mass is 9.95. The molecule has 0 aromatic carbocycles. The molecule has 1 saturated carbocycles. The first kappa shape index (κ1) is 16.8. The second kappa shape index (κ2) is 7.11. The number of ether oxygens (including phenoxy) is 1. The third-order valence-electron chi connectivity index (χ3n) is 3.42. The van der Waals surface area contributed by atoms with E-state index < -0.39 is 5.54 Å². The number of rotatable bonds is 8. The summed E-state index contributed by atoms with van der Waals surface area (Å²) in [5.74, 6) is -0.139. The summed E-state index contributed by atoms with van der Waals surface area (Å²) in [6.07, 6.45) is 3.05. The molecule has 1 aliphatic rings. The molecule has 0 bridgehead atoms. The largest absolute Gasteiger partial charge is 0.465 e. The van der Waals surface area contributed by atoms with Gasteiger partial charge < -0.3 is 4.74 Å². The summed E-state index contributed by atoms with van der Waals surface area (Å²) in [5.41, 5.74) is 0.453. The van der Waals surface area contributed by atoms with Gasteiger partial charge in [0.25, 0.3) is 0 Å². The van der Waals surface area contributed by atoms with Crippen LogP contribution in [-0.2, 0) is 9.53 Å².